The van der Waals surface area contributed by atoms with Crippen molar-refractivity contribution < 1.29 is 0 Å². The van der Waals surface area contributed by atoms with E-state index in [0.717, 1.165) is 50.5 Å². The van der Waals surface area contributed by atoms with Crippen LogP contribution in [0.4, 0.5) is 0 Å². The van der Waals surface area contributed by atoms with Gasteiger partial charge < -0.3 is 5.32 Å². The van der Waals surface area contributed by atoms with Gasteiger partial charge in [-0.05, 0) is 37.7 Å². The van der Waals surface area contributed by atoms with Crippen LogP contribution in [-0.2, 0) is 6.54 Å². The van der Waals surface area contributed by atoms with E-state index in [0.29, 0.717) is 10.0 Å². The lowest BCUT2D eigenvalue weighted by molar-refractivity contribution is 0.278. The Morgan fingerprint density at radius 1 is 1.14 bits per heavy atom. The van der Waals surface area contributed by atoms with Crippen molar-refractivity contribution in [2.24, 2.45) is 0 Å². The van der Waals surface area contributed by atoms with Gasteiger partial charge >= 0.3 is 0 Å². The van der Waals surface area contributed by atoms with Gasteiger partial charge in [-0.3, -0.25) is 4.90 Å². The SMILES string of the molecule is Clc1ccc(-n2nncc2CN2CCCNCC2)cc1Cl. The Balaban J connectivity index is 1.81. The van der Waals surface area contributed by atoms with E-state index in [1.165, 1.54) is 0 Å². The Bertz CT molecular complexity index is 605. The number of nitrogens with zero attached hydrogens (tertiary/aromatic N) is 4. The summed E-state index contributed by atoms with van der Waals surface area (Å²) in [4.78, 5) is 2.41. The first-order valence-corrected chi connectivity index (χ1v) is 7.78. The van der Waals surface area contributed by atoms with Crippen LogP contribution in [0, 0.1) is 0 Å². The Morgan fingerprint density at radius 2 is 2.05 bits per heavy atom. The second kappa shape index (κ2) is 6.75. The van der Waals surface area contributed by atoms with Gasteiger partial charge in [0.2, 0.25) is 0 Å². The molecule has 0 atom stereocenters. The van der Waals surface area contributed by atoms with E-state index < -0.39 is 0 Å². The van der Waals surface area contributed by atoms with Crippen LogP contribution in [0.1, 0.15) is 12.1 Å². The molecule has 1 aliphatic heterocycles. The van der Waals surface area contributed by atoms with E-state index in [9.17, 15) is 0 Å². The lowest BCUT2D eigenvalue weighted by Gasteiger charge is -2.19. The summed E-state index contributed by atoms with van der Waals surface area (Å²) < 4.78 is 1.82. The maximum absolute atomic E-state index is 6.08. The van der Waals surface area contributed by atoms with Crippen LogP contribution in [0.15, 0.2) is 24.4 Å². The number of rotatable bonds is 3. The molecular weight excluding hydrogens is 309 g/mol. The van der Waals surface area contributed by atoms with Gasteiger partial charge in [0.25, 0.3) is 0 Å². The maximum Gasteiger partial charge on any atom is 0.0786 e. The smallest absolute Gasteiger partial charge is 0.0786 e. The second-order valence-corrected chi connectivity index (χ2v) is 5.93. The van der Waals surface area contributed by atoms with Crippen molar-refractivity contribution in [2.45, 2.75) is 13.0 Å². The van der Waals surface area contributed by atoms with Crippen LogP contribution in [-0.4, -0.2) is 46.1 Å². The zero-order valence-corrected chi connectivity index (χ0v) is 13.1. The number of halogens is 2. The molecule has 0 radical (unpaired) electrons. The van der Waals surface area contributed by atoms with Gasteiger partial charge in [-0.1, -0.05) is 28.4 Å². The van der Waals surface area contributed by atoms with Crippen LogP contribution in [0.5, 0.6) is 0 Å². The average Bonchev–Trinajstić information content (AvgIpc) is 2.77. The molecule has 7 heteroatoms. The average molecular weight is 326 g/mol. The molecule has 112 valence electrons. The summed E-state index contributed by atoms with van der Waals surface area (Å²) in [5.74, 6) is 0. The first-order chi connectivity index (χ1) is 10.2. The van der Waals surface area contributed by atoms with Crippen molar-refractivity contribution >= 4 is 23.2 Å². The highest BCUT2D eigenvalue weighted by molar-refractivity contribution is 6.42. The van der Waals surface area contributed by atoms with E-state index in [4.69, 9.17) is 23.2 Å². The van der Waals surface area contributed by atoms with Crippen molar-refractivity contribution in [3.63, 3.8) is 0 Å². The predicted octanol–water partition coefficient (Wildman–Crippen LogP) is 2.37. The van der Waals surface area contributed by atoms with Crippen molar-refractivity contribution in [2.75, 3.05) is 26.2 Å². The Kier molecular flexibility index (Phi) is 4.75. The minimum atomic E-state index is 0.523. The van der Waals surface area contributed by atoms with E-state index in [1.54, 1.807) is 12.3 Å². The summed E-state index contributed by atoms with van der Waals surface area (Å²) in [5.41, 5.74) is 1.93. The third kappa shape index (κ3) is 3.55. The third-order valence-corrected chi connectivity index (χ3v) is 4.32. The van der Waals surface area contributed by atoms with Crippen LogP contribution in [0.2, 0.25) is 10.0 Å². The molecule has 21 heavy (non-hydrogen) atoms. The summed E-state index contributed by atoms with van der Waals surface area (Å²) in [6.45, 7) is 5.05. The highest BCUT2D eigenvalue weighted by atomic mass is 35.5. The van der Waals surface area contributed by atoms with Gasteiger partial charge in [0.15, 0.2) is 0 Å². The monoisotopic (exact) mass is 325 g/mol. The quantitative estimate of drug-likeness (QED) is 0.941. The zero-order valence-electron chi connectivity index (χ0n) is 11.6. The molecule has 1 saturated heterocycles. The molecule has 1 N–H and O–H groups in total. The second-order valence-electron chi connectivity index (χ2n) is 5.12. The zero-order chi connectivity index (χ0) is 14.7. The molecule has 0 amide bonds. The van der Waals surface area contributed by atoms with Gasteiger partial charge in [-0.2, -0.15) is 0 Å². The molecule has 0 spiro atoms. The first-order valence-electron chi connectivity index (χ1n) is 7.02. The molecule has 2 heterocycles. The molecule has 3 rings (SSSR count). The fourth-order valence-corrected chi connectivity index (χ4v) is 2.78. The topological polar surface area (TPSA) is 46.0 Å². The lowest BCUT2D eigenvalue weighted by atomic mass is 10.3. The van der Waals surface area contributed by atoms with E-state index in [2.05, 4.69) is 20.5 Å². The van der Waals surface area contributed by atoms with Gasteiger partial charge in [0.1, 0.15) is 0 Å². The first kappa shape index (κ1) is 14.8. The molecule has 1 fully saturated rings. The fraction of sp³-hybridized carbons (Fsp3) is 0.429. The summed E-state index contributed by atoms with van der Waals surface area (Å²) in [5, 5.41) is 12.7. The summed E-state index contributed by atoms with van der Waals surface area (Å²) in [7, 11) is 0. The summed E-state index contributed by atoms with van der Waals surface area (Å²) in [6.07, 6.45) is 2.97. The summed E-state index contributed by atoms with van der Waals surface area (Å²) in [6, 6.07) is 5.49. The number of hydrogen-bond donors (Lipinski definition) is 1. The number of aromatic nitrogens is 3. The number of benzene rings is 1. The van der Waals surface area contributed by atoms with E-state index in [-0.39, 0.29) is 0 Å². The van der Waals surface area contributed by atoms with Crippen LogP contribution in [0.3, 0.4) is 0 Å². The molecule has 0 saturated carbocycles. The Morgan fingerprint density at radius 3 is 2.90 bits per heavy atom. The minimum Gasteiger partial charge on any atom is -0.315 e. The van der Waals surface area contributed by atoms with Crippen LogP contribution >= 0.6 is 23.2 Å². The predicted molar refractivity (Wildman–Crippen MR) is 84.1 cm³/mol. The summed E-state index contributed by atoms with van der Waals surface area (Å²) >= 11 is 12.0. The third-order valence-electron chi connectivity index (χ3n) is 3.59. The molecule has 5 nitrogen and oxygen atoms in total. The van der Waals surface area contributed by atoms with Gasteiger partial charge in [-0.25, -0.2) is 4.68 Å². The fourth-order valence-electron chi connectivity index (χ4n) is 2.49. The van der Waals surface area contributed by atoms with E-state index >= 15 is 0 Å². The van der Waals surface area contributed by atoms with Crippen molar-refractivity contribution in [1.29, 1.82) is 0 Å². The largest absolute Gasteiger partial charge is 0.315 e. The Labute approximate surface area is 133 Å². The van der Waals surface area contributed by atoms with Gasteiger partial charge in [-0.15, -0.1) is 5.10 Å². The van der Waals surface area contributed by atoms with Crippen molar-refractivity contribution in [3.8, 4) is 5.69 Å². The van der Waals surface area contributed by atoms with Crippen LogP contribution < -0.4 is 5.32 Å². The molecule has 1 aromatic carbocycles. The molecule has 1 aliphatic rings. The molecular formula is C14H17Cl2N5. The van der Waals surface area contributed by atoms with Crippen LogP contribution in [0.25, 0.3) is 5.69 Å². The normalized spacial score (nSPS) is 16.9. The molecule has 2 aromatic rings. The maximum atomic E-state index is 6.08. The van der Waals surface area contributed by atoms with Gasteiger partial charge in [0, 0.05) is 19.6 Å². The van der Waals surface area contributed by atoms with Gasteiger partial charge in [0.05, 0.1) is 27.6 Å². The van der Waals surface area contributed by atoms with Crippen molar-refractivity contribution in [3.05, 3.63) is 40.1 Å². The lowest BCUT2D eigenvalue weighted by Crippen LogP contribution is -2.28. The Hall–Kier alpha value is -1.14. The molecule has 0 bridgehead atoms. The molecule has 1 aromatic heterocycles. The van der Waals surface area contributed by atoms with Crippen molar-refractivity contribution in [1.82, 2.24) is 25.2 Å². The number of hydrogen-bond acceptors (Lipinski definition) is 4. The van der Waals surface area contributed by atoms with E-state index in [1.807, 2.05) is 16.8 Å². The molecule has 0 unspecified atom stereocenters. The molecule has 0 aliphatic carbocycles. The number of nitrogens with one attached hydrogen (secondary N) is 1. The highest BCUT2D eigenvalue weighted by Crippen LogP contribution is 2.24. The standard InChI is InChI=1S/C14H17Cl2N5/c15-13-3-2-11(8-14(13)16)21-12(9-18-19-21)10-20-6-1-4-17-5-7-20/h2-3,8-9,17H,1,4-7,10H2. The highest BCUT2D eigenvalue weighted by Gasteiger charge is 2.14. The minimum absolute atomic E-state index is 0.523.